The maximum atomic E-state index is 12.8. The van der Waals surface area contributed by atoms with E-state index in [2.05, 4.69) is 5.32 Å². The van der Waals surface area contributed by atoms with Gasteiger partial charge in [-0.15, -0.1) is 0 Å². The lowest BCUT2D eigenvalue weighted by Crippen LogP contribution is -2.31. The van der Waals surface area contributed by atoms with Gasteiger partial charge in [-0.3, -0.25) is 4.79 Å². The number of nitriles is 1. The van der Waals surface area contributed by atoms with E-state index in [1.165, 1.54) is 40.7 Å². The Labute approximate surface area is 169 Å². The molecule has 1 aliphatic heterocycles. The first-order chi connectivity index (χ1) is 13.4. The molecule has 0 aromatic heterocycles. The van der Waals surface area contributed by atoms with E-state index in [-0.39, 0.29) is 15.8 Å². The Morgan fingerprint density at radius 2 is 1.68 bits per heavy atom. The maximum Gasteiger partial charge on any atom is 0.255 e. The van der Waals surface area contributed by atoms with Crippen LogP contribution in [-0.4, -0.2) is 31.7 Å². The Balaban J connectivity index is 1.73. The van der Waals surface area contributed by atoms with E-state index in [1.54, 1.807) is 6.07 Å². The summed E-state index contributed by atoms with van der Waals surface area (Å²) in [6.45, 7) is 1.06. The monoisotopic (exact) mass is 417 g/mol. The first-order valence-corrected chi connectivity index (χ1v) is 10.8. The molecule has 2 aromatic rings. The molecule has 0 saturated carbocycles. The second-order valence-corrected chi connectivity index (χ2v) is 8.95. The molecule has 1 heterocycles. The Bertz CT molecular complexity index is 1010. The van der Waals surface area contributed by atoms with E-state index in [1.807, 2.05) is 6.07 Å². The topological polar surface area (TPSA) is 90.3 Å². The van der Waals surface area contributed by atoms with Crippen molar-refractivity contribution in [2.75, 3.05) is 18.4 Å². The number of carbonyl (C=O) groups excluding carboxylic acids is 1. The summed E-state index contributed by atoms with van der Waals surface area (Å²) in [5.74, 6) is -0.389. The average molecular weight is 418 g/mol. The van der Waals surface area contributed by atoms with Crippen molar-refractivity contribution in [1.82, 2.24) is 4.31 Å². The van der Waals surface area contributed by atoms with Crippen LogP contribution in [0.4, 0.5) is 5.69 Å². The number of halogens is 1. The quantitative estimate of drug-likeness (QED) is 0.813. The fraction of sp³-hybridized carbons (Fsp3) is 0.300. The van der Waals surface area contributed by atoms with Crippen LogP contribution in [0.2, 0.25) is 5.02 Å². The Morgan fingerprint density at radius 1 is 1.04 bits per heavy atom. The van der Waals surface area contributed by atoms with Gasteiger partial charge >= 0.3 is 0 Å². The molecule has 0 radical (unpaired) electrons. The van der Waals surface area contributed by atoms with E-state index in [4.69, 9.17) is 16.9 Å². The second kappa shape index (κ2) is 8.74. The van der Waals surface area contributed by atoms with Crippen molar-refractivity contribution in [3.63, 3.8) is 0 Å². The molecule has 8 heteroatoms. The fourth-order valence-corrected chi connectivity index (χ4v) is 4.84. The highest BCUT2D eigenvalue weighted by Crippen LogP contribution is 2.22. The zero-order valence-electron chi connectivity index (χ0n) is 15.2. The summed E-state index contributed by atoms with van der Waals surface area (Å²) in [5.41, 5.74) is 1.10. The third kappa shape index (κ3) is 4.53. The summed E-state index contributed by atoms with van der Waals surface area (Å²) in [6.07, 6.45) is 3.83. The van der Waals surface area contributed by atoms with Crippen molar-refractivity contribution in [3.05, 3.63) is 58.6 Å². The smallest absolute Gasteiger partial charge is 0.255 e. The Morgan fingerprint density at radius 3 is 2.25 bits per heavy atom. The van der Waals surface area contributed by atoms with Crippen LogP contribution in [0.15, 0.2) is 47.4 Å². The van der Waals surface area contributed by atoms with Gasteiger partial charge in [0, 0.05) is 24.3 Å². The lowest BCUT2D eigenvalue weighted by atomic mass is 10.2. The molecule has 2 aromatic carbocycles. The molecule has 0 aliphatic carbocycles. The molecule has 0 unspecified atom stereocenters. The molecule has 0 bridgehead atoms. The van der Waals surface area contributed by atoms with E-state index in [0.717, 1.165) is 25.7 Å². The summed E-state index contributed by atoms with van der Waals surface area (Å²) in [4.78, 5) is 12.6. The van der Waals surface area contributed by atoms with Crippen molar-refractivity contribution < 1.29 is 13.2 Å². The van der Waals surface area contributed by atoms with E-state index >= 15 is 0 Å². The molecular weight excluding hydrogens is 398 g/mol. The minimum absolute atomic E-state index is 0.187. The van der Waals surface area contributed by atoms with Crippen LogP contribution in [0.25, 0.3) is 0 Å². The SMILES string of the molecule is N#Cc1ccc(NC(=O)c2ccc(S(=O)(=O)N3CCCCCC3)cc2)cc1Cl. The predicted molar refractivity (Wildman–Crippen MR) is 108 cm³/mol. The molecule has 1 amide bonds. The summed E-state index contributed by atoms with van der Waals surface area (Å²) >= 11 is 5.97. The number of sulfonamides is 1. The van der Waals surface area contributed by atoms with Crippen LogP contribution in [0.3, 0.4) is 0 Å². The summed E-state index contributed by atoms with van der Waals surface area (Å²) in [7, 11) is -3.55. The first kappa shape index (κ1) is 20.3. The highest BCUT2D eigenvalue weighted by atomic mass is 35.5. The highest BCUT2D eigenvalue weighted by Gasteiger charge is 2.25. The Kier molecular flexibility index (Phi) is 6.35. The van der Waals surface area contributed by atoms with Crippen LogP contribution in [0.1, 0.15) is 41.6 Å². The van der Waals surface area contributed by atoms with E-state index < -0.39 is 10.0 Å². The normalized spacial score (nSPS) is 15.4. The van der Waals surface area contributed by atoms with Crippen molar-refractivity contribution >= 4 is 33.2 Å². The van der Waals surface area contributed by atoms with Gasteiger partial charge in [-0.05, 0) is 55.3 Å². The number of rotatable bonds is 4. The number of nitrogens with zero attached hydrogens (tertiary/aromatic N) is 2. The minimum Gasteiger partial charge on any atom is -0.322 e. The lowest BCUT2D eigenvalue weighted by Gasteiger charge is -2.20. The van der Waals surface area contributed by atoms with Gasteiger partial charge in [-0.1, -0.05) is 24.4 Å². The third-order valence-corrected chi connectivity index (χ3v) is 6.89. The average Bonchev–Trinajstić information content (AvgIpc) is 2.98. The standard InChI is InChI=1S/C20H20ClN3O3S/c21-19-13-17(8-5-16(19)14-22)23-20(25)15-6-9-18(10-7-15)28(26,27)24-11-3-1-2-4-12-24/h5-10,13H,1-4,11-12H2,(H,23,25). The predicted octanol–water partition coefficient (Wildman–Crippen LogP) is 4.03. The molecule has 28 heavy (non-hydrogen) atoms. The van der Waals surface area contributed by atoms with Crippen LogP contribution in [-0.2, 0) is 10.0 Å². The first-order valence-electron chi connectivity index (χ1n) is 9.03. The molecule has 0 atom stereocenters. The van der Waals surface area contributed by atoms with Gasteiger partial charge in [0.05, 0.1) is 15.5 Å². The summed E-state index contributed by atoms with van der Waals surface area (Å²) in [6, 6.07) is 12.5. The Hall–Kier alpha value is -2.40. The van der Waals surface area contributed by atoms with Gasteiger partial charge in [0.25, 0.3) is 5.91 Å². The lowest BCUT2D eigenvalue weighted by molar-refractivity contribution is 0.102. The van der Waals surface area contributed by atoms with Crippen molar-refractivity contribution in [1.29, 1.82) is 5.26 Å². The van der Waals surface area contributed by atoms with Crippen molar-refractivity contribution in [2.45, 2.75) is 30.6 Å². The maximum absolute atomic E-state index is 12.8. The zero-order valence-corrected chi connectivity index (χ0v) is 16.8. The molecule has 3 rings (SSSR count). The van der Waals surface area contributed by atoms with E-state index in [0.29, 0.717) is 29.9 Å². The van der Waals surface area contributed by atoms with Crippen LogP contribution >= 0.6 is 11.6 Å². The molecule has 1 N–H and O–H groups in total. The molecule has 1 fully saturated rings. The summed E-state index contributed by atoms with van der Waals surface area (Å²) < 4.78 is 27.1. The van der Waals surface area contributed by atoms with Crippen LogP contribution in [0, 0.1) is 11.3 Å². The van der Waals surface area contributed by atoms with Gasteiger partial charge < -0.3 is 5.32 Å². The van der Waals surface area contributed by atoms with Gasteiger partial charge in [0.15, 0.2) is 0 Å². The highest BCUT2D eigenvalue weighted by molar-refractivity contribution is 7.89. The van der Waals surface area contributed by atoms with Gasteiger partial charge in [-0.2, -0.15) is 9.57 Å². The van der Waals surface area contributed by atoms with Crippen LogP contribution < -0.4 is 5.32 Å². The fourth-order valence-electron chi connectivity index (χ4n) is 3.10. The molecule has 0 spiro atoms. The molecule has 146 valence electrons. The van der Waals surface area contributed by atoms with Gasteiger partial charge in [0.2, 0.25) is 10.0 Å². The second-order valence-electron chi connectivity index (χ2n) is 6.60. The number of benzene rings is 2. The van der Waals surface area contributed by atoms with Gasteiger partial charge in [0.1, 0.15) is 6.07 Å². The molecule has 6 nitrogen and oxygen atoms in total. The number of hydrogen-bond acceptors (Lipinski definition) is 4. The number of amides is 1. The van der Waals surface area contributed by atoms with Gasteiger partial charge in [-0.25, -0.2) is 8.42 Å². The van der Waals surface area contributed by atoms with Crippen molar-refractivity contribution in [2.24, 2.45) is 0 Å². The van der Waals surface area contributed by atoms with Crippen molar-refractivity contribution in [3.8, 4) is 6.07 Å². The number of anilines is 1. The minimum atomic E-state index is -3.55. The van der Waals surface area contributed by atoms with Crippen LogP contribution in [0.5, 0.6) is 0 Å². The molecular formula is C20H20ClN3O3S. The van der Waals surface area contributed by atoms with E-state index in [9.17, 15) is 13.2 Å². The number of carbonyl (C=O) groups is 1. The largest absolute Gasteiger partial charge is 0.322 e. The molecule has 1 saturated heterocycles. The number of nitrogens with one attached hydrogen (secondary N) is 1. The summed E-state index contributed by atoms with van der Waals surface area (Å²) in [5, 5.41) is 11.8. The third-order valence-electron chi connectivity index (χ3n) is 4.67. The molecule has 1 aliphatic rings. The number of hydrogen-bond donors (Lipinski definition) is 1. The zero-order chi connectivity index (χ0) is 20.1.